The van der Waals surface area contributed by atoms with Crippen LogP contribution in [0.2, 0.25) is 5.02 Å². The van der Waals surface area contributed by atoms with Crippen molar-refractivity contribution in [1.29, 1.82) is 5.26 Å². The molecule has 3 aromatic carbocycles. The molecule has 3 aromatic rings. The first-order valence-corrected chi connectivity index (χ1v) is 13.2. The second-order valence-corrected chi connectivity index (χ2v) is 9.87. The largest absolute Gasteiger partial charge is 0.495 e. The number of halogens is 2. The van der Waals surface area contributed by atoms with Crippen molar-refractivity contribution in [2.75, 3.05) is 23.5 Å². The summed E-state index contributed by atoms with van der Waals surface area (Å²) < 4.78 is 18.9. The van der Waals surface area contributed by atoms with Gasteiger partial charge < -0.3 is 20.7 Å². The number of nitrogens with zero attached hydrogens (tertiary/aromatic N) is 1. The molecule has 0 aliphatic carbocycles. The molecule has 0 saturated carbocycles. The number of amides is 2. The molecule has 1 aliphatic heterocycles. The summed E-state index contributed by atoms with van der Waals surface area (Å²) >= 11 is 7.66. The molecule has 1 aliphatic rings. The number of para-hydroxylation sites is 2. The molecule has 0 bridgehead atoms. The van der Waals surface area contributed by atoms with Crippen molar-refractivity contribution < 1.29 is 18.7 Å². The van der Waals surface area contributed by atoms with Gasteiger partial charge >= 0.3 is 0 Å². The number of dihydropyridines is 1. The van der Waals surface area contributed by atoms with Crippen LogP contribution >= 0.6 is 23.4 Å². The molecule has 2 amide bonds. The lowest BCUT2D eigenvalue weighted by Gasteiger charge is -2.30. The summed E-state index contributed by atoms with van der Waals surface area (Å²) in [5.74, 6) is -1.66. The number of benzene rings is 3. The lowest BCUT2D eigenvalue weighted by Crippen LogP contribution is -2.31. The third-order valence-electron chi connectivity index (χ3n) is 5.92. The molecule has 4 rings (SSSR count). The molecule has 10 heteroatoms. The van der Waals surface area contributed by atoms with Crippen LogP contribution in [-0.2, 0) is 9.59 Å². The predicted molar refractivity (Wildman–Crippen MR) is 152 cm³/mol. The number of ether oxygens (including phenoxy) is 1. The second-order valence-electron chi connectivity index (χ2n) is 8.47. The summed E-state index contributed by atoms with van der Waals surface area (Å²) in [7, 11) is 1.51. The molecule has 0 unspecified atom stereocenters. The fourth-order valence-electron chi connectivity index (χ4n) is 4.19. The summed E-state index contributed by atoms with van der Waals surface area (Å²) in [4.78, 5) is 26.3. The number of carbonyl (C=O) groups excluding carboxylic acids is 2. The van der Waals surface area contributed by atoms with Crippen LogP contribution < -0.4 is 20.7 Å². The Balaban J connectivity index is 1.66. The van der Waals surface area contributed by atoms with Crippen molar-refractivity contribution in [2.24, 2.45) is 0 Å². The number of nitrogens with one attached hydrogen (secondary N) is 3. The minimum Gasteiger partial charge on any atom is -0.495 e. The maximum absolute atomic E-state index is 13.7. The molecular formula is C29H24ClFN4O3S. The zero-order valence-electron chi connectivity index (χ0n) is 21.0. The van der Waals surface area contributed by atoms with Gasteiger partial charge in [0, 0.05) is 22.0 Å². The van der Waals surface area contributed by atoms with E-state index in [4.69, 9.17) is 16.3 Å². The van der Waals surface area contributed by atoms with Crippen LogP contribution in [0.5, 0.6) is 5.75 Å². The standard InChI is InChI=1S/C29H24ClFN4O3S/c1-17-26(28(37)35-23-12-5-6-13-24(23)38-2)27(20-10-3-4-11-22(20)30)21(15-32)29(33-17)39-16-25(36)34-19-9-7-8-18(31)14-19/h3-14,27,33H,16H2,1-2H3,(H,34,36)(H,35,37)/t27-/m0/s1. The number of hydrogen-bond donors (Lipinski definition) is 3. The number of carbonyl (C=O) groups is 2. The normalized spacial score (nSPS) is 14.8. The first-order valence-electron chi connectivity index (χ1n) is 11.8. The highest BCUT2D eigenvalue weighted by molar-refractivity contribution is 8.03. The van der Waals surface area contributed by atoms with Crippen LogP contribution in [0, 0.1) is 17.1 Å². The van der Waals surface area contributed by atoms with Gasteiger partial charge in [-0.1, -0.05) is 59.8 Å². The molecule has 0 fully saturated rings. The van der Waals surface area contributed by atoms with Gasteiger partial charge in [0.1, 0.15) is 11.6 Å². The van der Waals surface area contributed by atoms with Crippen molar-refractivity contribution >= 4 is 46.6 Å². The third kappa shape index (κ3) is 6.42. The average Bonchev–Trinajstić information content (AvgIpc) is 2.92. The van der Waals surface area contributed by atoms with Gasteiger partial charge in [-0.2, -0.15) is 5.26 Å². The van der Waals surface area contributed by atoms with E-state index in [0.717, 1.165) is 11.8 Å². The number of rotatable bonds is 8. The maximum atomic E-state index is 13.7. The number of anilines is 2. The maximum Gasteiger partial charge on any atom is 0.254 e. The lowest BCUT2D eigenvalue weighted by molar-refractivity contribution is -0.114. The van der Waals surface area contributed by atoms with E-state index in [9.17, 15) is 19.2 Å². The van der Waals surface area contributed by atoms with E-state index in [1.807, 2.05) is 0 Å². The number of thioether (sulfide) groups is 1. The molecule has 0 spiro atoms. The van der Waals surface area contributed by atoms with E-state index in [1.165, 1.54) is 25.3 Å². The Morgan fingerprint density at radius 1 is 1.10 bits per heavy atom. The minimum atomic E-state index is -0.798. The Bertz CT molecular complexity index is 1530. The second kappa shape index (κ2) is 12.5. The van der Waals surface area contributed by atoms with Crippen molar-refractivity contribution in [3.63, 3.8) is 0 Å². The highest BCUT2D eigenvalue weighted by Gasteiger charge is 2.36. The van der Waals surface area contributed by atoms with Crippen LogP contribution in [-0.4, -0.2) is 24.7 Å². The molecular weight excluding hydrogens is 539 g/mol. The Hall–Kier alpha value is -4.26. The van der Waals surface area contributed by atoms with E-state index in [1.54, 1.807) is 61.5 Å². The van der Waals surface area contributed by atoms with Crippen LogP contribution in [0.1, 0.15) is 18.4 Å². The SMILES string of the molecule is COc1ccccc1NC(=O)C1=C(C)NC(SCC(=O)Nc2cccc(F)c2)=C(C#N)[C@@H]1c1ccccc1Cl. The smallest absolute Gasteiger partial charge is 0.254 e. The van der Waals surface area contributed by atoms with Crippen molar-refractivity contribution in [1.82, 2.24) is 5.32 Å². The fourth-order valence-corrected chi connectivity index (χ4v) is 5.32. The van der Waals surface area contributed by atoms with Crippen LogP contribution in [0.15, 0.2) is 94.7 Å². The lowest BCUT2D eigenvalue weighted by atomic mass is 9.82. The van der Waals surface area contributed by atoms with Gasteiger partial charge in [0.25, 0.3) is 5.91 Å². The molecule has 3 N–H and O–H groups in total. The van der Waals surface area contributed by atoms with Gasteiger partial charge in [-0.25, -0.2) is 4.39 Å². The van der Waals surface area contributed by atoms with Gasteiger partial charge in [0.2, 0.25) is 5.91 Å². The summed E-state index contributed by atoms with van der Waals surface area (Å²) in [6.45, 7) is 1.72. The van der Waals surface area contributed by atoms with Gasteiger partial charge in [-0.05, 0) is 48.9 Å². The number of methoxy groups -OCH3 is 1. The number of nitriles is 1. The first-order chi connectivity index (χ1) is 18.8. The van der Waals surface area contributed by atoms with E-state index >= 15 is 0 Å². The summed E-state index contributed by atoms with van der Waals surface area (Å²) in [6.07, 6.45) is 0. The molecule has 7 nitrogen and oxygen atoms in total. The monoisotopic (exact) mass is 562 g/mol. The molecule has 0 aromatic heterocycles. The van der Waals surface area contributed by atoms with Gasteiger partial charge in [0.05, 0.1) is 41.1 Å². The Morgan fingerprint density at radius 3 is 2.56 bits per heavy atom. The van der Waals surface area contributed by atoms with Crippen molar-refractivity contribution in [3.05, 3.63) is 111 Å². The molecule has 1 atom stereocenters. The number of allylic oxidation sites excluding steroid dienone is 2. The van der Waals surface area contributed by atoms with Gasteiger partial charge in [-0.15, -0.1) is 0 Å². The minimum absolute atomic E-state index is 0.0602. The molecule has 0 radical (unpaired) electrons. The van der Waals surface area contributed by atoms with E-state index in [2.05, 4.69) is 22.0 Å². The highest BCUT2D eigenvalue weighted by Crippen LogP contribution is 2.43. The van der Waals surface area contributed by atoms with Crippen molar-refractivity contribution in [3.8, 4) is 11.8 Å². The van der Waals surface area contributed by atoms with Crippen LogP contribution in [0.3, 0.4) is 0 Å². The summed E-state index contributed by atoms with van der Waals surface area (Å²) in [5, 5.41) is 19.7. The van der Waals surface area contributed by atoms with Crippen molar-refractivity contribution in [2.45, 2.75) is 12.8 Å². The molecule has 39 heavy (non-hydrogen) atoms. The predicted octanol–water partition coefficient (Wildman–Crippen LogP) is 6.19. The molecule has 1 heterocycles. The summed E-state index contributed by atoms with van der Waals surface area (Å²) in [5.41, 5.74) is 2.41. The Morgan fingerprint density at radius 2 is 1.85 bits per heavy atom. The van der Waals surface area contributed by atoms with E-state index in [-0.39, 0.29) is 17.2 Å². The third-order valence-corrected chi connectivity index (χ3v) is 7.28. The number of hydrogen-bond acceptors (Lipinski definition) is 6. The van der Waals surface area contributed by atoms with Gasteiger partial charge in [0.15, 0.2) is 0 Å². The molecule has 198 valence electrons. The van der Waals surface area contributed by atoms with Gasteiger partial charge in [-0.3, -0.25) is 9.59 Å². The molecule has 0 saturated heterocycles. The fraction of sp³-hybridized carbons (Fsp3) is 0.138. The highest BCUT2D eigenvalue weighted by atomic mass is 35.5. The topological polar surface area (TPSA) is 103 Å². The Kier molecular flexibility index (Phi) is 8.92. The zero-order chi connectivity index (χ0) is 27.9. The van der Waals surface area contributed by atoms with Crippen LogP contribution in [0.25, 0.3) is 0 Å². The quantitative estimate of drug-likeness (QED) is 0.302. The van der Waals surface area contributed by atoms with Crippen LogP contribution in [0.4, 0.5) is 15.8 Å². The Labute approximate surface area is 234 Å². The summed E-state index contributed by atoms with van der Waals surface area (Å²) in [6, 6.07) is 21.8. The van der Waals surface area contributed by atoms with E-state index in [0.29, 0.717) is 44.0 Å². The first kappa shape index (κ1) is 27.8. The average molecular weight is 563 g/mol. The van der Waals surface area contributed by atoms with E-state index < -0.39 is 17.6 Å². The zero-order valence-corrected chi connectivity index (χ0v) is 22.6.